The monoisotopic (exact) mass is 427 g/mol. The summed E-state index contributed by atoms with van der Waals surface area (Å²) in [4.78, 5) is 27.5. The molecule has 0 aromatic heterocycles. The maximum Gasteiger partial charge on any atom is 0.325 e. The lowest BCUT2D eigenvalue weighted by atomic mass is 9.77. The van der Waals surface area contributed by atoms with E-state index in [1.807, 2.05) is 32.0 Å². The van der Waals surface area contributed by atoms with Gasteiger partial charge in [-0.2, -0.15) is 0 Å². The molecule has 30 heavy (non-hydrogen) atoms. The van der Waals surface area contributed by atoms with Crippen LogP contribution in [-0.4, -0.2) is 35.5 Å². The number of carbonyl (C=O) groups excluding carboxylic acids is 2. The van der Waals surface area contributed by atoms with E-state index in [4.69, 9.17) is 16.3 Å². The molecule has 0 radical (unpaired) electrons. The first kappa shape index (κ1) is 20.7. The number of amides is 3. The maximum atomic E-state index is 13.5. The predicted octanol–water partition coefficient (Wildman–Crippen LogP) is 3.83. The van der Waals surface area contributed by atoms with Crippen LogP contribution in [0.1, 0.15) is 37.8 Å². The van der Waals surface area contributed by atoms with E-state index < -0.39 is 11.1 Å². The quantitative estimate of drug-likeness (QED) is 0.543. The molecule has 2 aromatic rings. The summed E-state index contributed by atoms with van der Waals surface area (Å²) in [6.45, 7) is 5.65. The molecular weight excluding hydrogens is 402 g/mol. The number of benzene rings is 2. The summed E-state index contributed by atoms with van der Waals surface area (Å²) in [6, 6.07) is 14.9. The highest BCUT2D eigenvalue weighted by Crippen LogP contribution is 2.47. The molecular formula is C23H26ClN3O3. The first-order chi connectivity index (χ1) is 14.3. The standard InChI is InChI=1S/C23H26ClN3O3/c1-22(2)15-23(18-13-17(24)9-10-19(18)30-22)20(28)27(21(29)26-23)12-6-11-25-14-16-7-4-3-5-8-16/h3-5,7-10,13,25H,6,11-12,14-15H2,1-2H3,(H,26,29)/t23-/m1/s1. The summed E-state index contributed by atoms with van der Waals surface area (Å²) >= 11 is 6.20. The minimum atomic E-state index is -1.14. The van der Waals surface area contributed by atoms with Gasteiger partial charge in [-0.25, -0.2) is 4.79 Å². The lowest BCUT2D eigenvalue weighted by Gasteiger charge is -2.42. The van der Waals surface area contributed by atoms with Crippen LogP contribution in [-0.2, 0) is 16.9 Å². The SMILES string of the molecule is CC1(C)C[C@@]2(NC(=O)N(CCCNCc3ccccc3)C2=O)c2cc(Cl)ccc2O1. The van der Waals surface area contributed by atoms with Gasteiger partial charge < -0.3 is 15.4 Å². The molecule has 0 aliphatic carbocycles. The van der Waals surface area contributed by atoms with E-state index >= 15 is 0 Å². The minimum absolute atomic E-state index is 0.240. The van der Waals surface area contributed by atoms with Crippen LogP contribution in [0, 0.1) is 0 Å². The number of hydrogen-bond donors (Lipinski definition) is 2. The third kappa shape index (κ3) is 3.89. The van der Waals surface area contributed by atoms with E-state index in [-0.39, 0.29) is 11.9 Å². The van der Waals surface area contributed by atoms with Crippen LogP contribution in [0.25, 0.3) is 0 Å². The number of imide groups is 1. The number of fused-ring (bicyclic) bond motifs is 2. The fourth-order valence-corrected chi connectivity index (χ4v) is 4.49. The van der Waals surface area contributed by atoms with Crippen molar-refractivity contribution in [1.29, 1.82) is 0 Å². The average molecular weight is 428 g/mol. The van der Waals surface area contributed by atoms with E-state index in [0.717, 1.165) is 6.54 Å². The molecule has 2 aromatic carbocycles. The van der Waals surface area contributed by atoms with Crippen molar-refractivity contribution >= 4 is 23.5 Å². The van der Waals surface area contributed by atoms with Crippen molar-refractivity contribution in [3.63, 3.8) is 0 Å². The Morgan fingerprint density at radius 1 is 1.17 bits per heavy atom. The summed E-state index contributed by atoms with van der Waals surface area (Å²) in [5, 5.41) is 6.81. The molecule has 2 aliphatic heterocycles. The molecule has 1 fully saturated rings. The van der Waals surface area contributed by atoms with Gasteiger partial charge >= 0.3 is 6.03 Å². The van der Waals surface area contributed by atoms with Crippen LogP contribution in [0.4, 0.5) is 4.79 Å². The first-order valence-electron chi connectivity index (χ1n) is 10.2. The molecule has 158 valence electrons. The van der Waals surface area contributed by atoms with Gasteiger partial charge in [0.15, 0.2) is 5.54 Å². The normalized spacial score (nSPS) is 22.0. The summed E-state index contributed by atoms with van der Waals surface area (Å²) in [6.07, 6.45) is 1.02. The van der Waals surface area contributed by atoms with Crippen molar-refractivity contribution in [2.24, 2.45) is 0 Å². The van der Waals surface area contributed by atoms with E-state index in [2.05, 4.69) is 22.8 Å². The van der Waals surface area contributed by atoms with Gasteiger partial charge in [0.2, 0.25) is 0 Å². The van der Waals surface area contributed by atoms with Crippen molar-refractivity contribution in [3.8, 4) is 5.75 Å². The van der Waals surface area contributed by atoms with E-state index in [1.54, 1.807) is 18.2 Å². The highest BCUT2D eigenvalue weighted by atomic mass is 35.5. The third-order valence-electron chi connectivity index (χ3n) is 5.56. The Morgan fingerprint density at radius 3 is 2.70 bits per heavy atom. The lowest BCUT2D eigenvalue weighted by Crippen LogP contribution is -2.53. The highest BCUT2D eigenvalue weighted by Gasteiger charge is 2.58. The largest absolute Gasteiger partial charge is 0.487 e. The molecule has 3 amide bonds. The first-order valence-corrected chi connectivity index (χ1v) is 10.6. The van der Waals surface area contributed by atoms with Gasteiger partial charge in [0.25, 0.3) is 5.91 Å². The number of urea groups is 1. The molecule has 1 saturated heterocycles. The van der Waals surface area contributed by atoms with Gasteiger partial charge in [0.05, 0.1) is 0 Å². The summed E-state index contributed by atoms with van der Waals surface area (Å²) < 4.78 is 6.04. The van der Waals surface area contributed by atoms with Crippen molar-refractivity contribution < 1.29 is 14.3 Å². The Labute approximate surface area is 181 Å². The Bertz CT molecular complexity index is 963. The summed E-state index contributed by atoms with van der Waals surface area (Å²) in [5.41, 5.74) is 0.0786. The van der Waals surface area contributed by atoms with Gasteiger partial charge in [-0.1, -0.05) is 41.9 Å². The third-order valence-corrected chi connectivity index (χ3v) is 5.80. The average Bonchev–Trinajstić information content (AvgIpc) is 2.93. The molecule has 2 heterocycles. The fourth-order valence-electron chi connectivity index (χ4n) is 4.31. The number of halogens is 1. The summed E-state index contributed by atoms with van der Waals surface area (Å²) in [5.74, 6) is 0.339. The predicted molar refractivity (Wildman–Crippen MR) is 115 cm³/mol. The molecule has 0 saturated carbocycles. The van der Waals surface area contributed by atoms with E-state index in [0.29, 0.717) is 42.3 Å². The van der Waals surface area contributed by atoms with Crippen molar-refractivity contribution in [2.75, 3.05) is 13.1 Å². The Balaban J connectivity index is 1.45. The Kier molecular flexibility index (Phi) is 5.47. The molecule has 1 atom stereocenters. The second-order valence-corrected chi connectivity index (χ2v) is 8.92. The van der Waals surface area contributed by atoms with Crippen LogP contribution in [0.3, 0.4) is 0 Å². The molecule has 6 nitrogen and oxygen atoms in total. The number of nitrogens with zero attached hydrogens (tertiary/aromatic N) is 1. The number of carbonyl (C=O) groups is 2. The Hall–Kier alpha value is -2.57. The fraction of sp³-hybridized carbons (Fsp3) is 0.391. The zero-order valence-electron chi connectivity index (χ0n) is 17.2. The summed E-state index contributed by atoms with van der Waals surface area (Å²) in [7, 11) is 0. The number of nitrogens with one attached hydrogen (secondary N) is 2. The molecule has 2 N–H and O–H groups in total. The molecule has 1 spiro atoms. The molecule has 0 unspecified atom stereocenters. The topological polar surface area (TPSA) is 70.7 Å². The van der Waals surface area contributed by atoms with Crippen LogP contribution in [0.15, 0.2) is 48.5 Å². The van der Waals surface area contributed by atoms with Gasteiger partial charge in [-0.3, -0.25) is 9.69 Å². The molecule has 4 rings (SSSR count). The van der Waals surface area contributed by atoms with Crippen molar-refractivity contribution in [2.45, 2.75) is 44.4 Å². The number of rotatable bonds is 6. The second-order valence-electron chi connectivity index (χ2n) is 8.49. The van der Waals surface area contributed by atoms with Gasteiger partial charge in [0, 0.05) is 30.1 Å². The van der Waals surface area contributed by atoms with Gasteiger partial charge in [-0.15, -0.1) is 0 Å². The van der Waals surface area contributed by atoms with Crippen LogP contribution < -0.4 is 15.4 Å². The Morgan fingerprint density at radius 2 is 1.93 bits per heavy atom. The zero-order valence-corrected chi connectivity index (χ0v) is 18.0. The maximum absolute atomic E-state index is 13.5. The molecule has 2 aliphatic rings. The molecule has 0 bridgehead atoms. The van der Waals surface area contributed by atoms with Crippen molar-refractivity contribution in [3.05, 3.63) is 64.7 Å². The lowest BCUT2D eigenvalue weighted by molar-refractivity contribution is -0.134. The number of hydrogen-bond acceptors (Lipinski definition) is 4. The van der Waals surface area contributed by atoms with Crippen LogP contribution in [0.5, 0.6) is 5.75 Å². The second kappa shape index (κ2) is 7.93. The number of ether oxygens (including phenoxy) is 1. The van der Waals surface area contributed by atoms with Gasteiger partial charge in [-0.05, 0) is 50.6 Å². The smallest absolute Gasteiger partial charge is 0.325 e. The van der Waals surface area contributed by atoms with Crippen LogP contribution in [0.2, 0.25) is 5.02 Å². The van der Waals surface area contributed by atoms with Gasteiger partial charge in [0.1, 0.15) is 11.4 Å². The zero-order chi connectivity index (χ0) is 21.4. The molecule has 7 heteroatoms. The minimum Gasteiger partial charge on any atom is -0.487 e. The van der Waals surface area contributed by atoms with Crippen molar-refractivity contribution in [1.82, 2.24) is 15.5 Å². The van der Waals surface area contributed by atoms with E-state index in [1.165, 1.54) is 10.5 Å². The highest BCUT2D eigenvalue weighted by molar-refractivity contribution is 6.30. The van der Waals surface area contributed by atoms with Crippen LogP contribution >= 0.6 is 11.6 Å². The van der Waals surface area contributed by atoms with E-state index in [9.17, 15) is 9.59 Å².